The Hall–Kier alpha value is -3.69. The number of aliphatic carboxylic acids is 1. The number of nitriles is 1. The first-order valence-corrected chi connectivity index (χ1v) is 12.5. The summed E-state index contributed by atoms with van der Waals surface area (Å²) in [4.78, 5) is 21.3. The smallest absolute Gasteiger partial charge is 0.430 e. The van der Waals surface area contributed by atoms with Crippen molar-refractivity contribution in [3.63, 3.8) is 0 Å². The van der Waals surface area contributed by atoms with Gasteiger partial charge in [0.1, 0.15) is 35.3 Å². The molecule has 0 aliphatic carbocycles. The summed E-state index contributed by atoms with van der Waals surface area (Å²) in [5.41, 5.74) is 0. The van der Waals surface area contributed by atoms with Crippen LogP contribution in [-0.2, 0) is 14.3 Å². The van der Waals surface area contributed by atoms with E-state index in [0.717, 1.165) is 15.9 Å². The molecule has 3 aromatic rings. The molecule has 0 heterocycles. The van der Waals surface area contributed by atoms with Gasteiger partial charge in [0.05, 0.1) is 12.7 Å². The number of hydrogen-bond acceptors (Lipinski definition) is 5. The van der Waals surface area contributed by atoms with E-state index >= 15 is 0 Å². The molecule has 0 amide bonds. The Labute approximate surface area is 202 Å². The number of benzene rings is 3. The quantitative estimate of drug-likeness (QED) is 0.367. The fourth-order valence-corrected chi connectivity index (χ4v) is 7.84. The normalized spacial score (nSPS) is 11.9. The van der Waals surface area contributed by atoms with Crippen molar-refractivity contribution in [3.05, 3.63) is 91.0 Å². The van der Waals surface area contributed by atoms with E-state index in [1.165, 1.54) is 0 Å². The minimum Gasteiger partial charge on any atom is -0.542 e. The van der Waals surface area contributed by atoms with Crippen LogP contribution in [0.1, 0.15) is 6.92 Å². The Morgan fingerprint density at radius 1 is 0.886 bits per heavy atom. The van der Waals surface area contributed by atoms with Crippen LogP contribution >= 0.6 is 7.26 Å². The van der Waals surface area contributed by atoms with Crippen molar-refractivity contribution in [1.29, 1.82) is 5.26 Å². The van der Waals surface area contributed by atoms with E-state index < -0.39 is 31.3 Å². The highest BCUT2D eigenvalue weighted by molar-refractivity contribution is 7.95. The molecule has 9 heteroatoms. The number of carbonyl (C=O) groups is 2. The van der Waals surface area contributed by atoms with E-state index in [0.29, 0.717) is 6.16 Å². The summed E-state index contributed by atoms with van der Waals surface area (Å²) in [6.45, 7) is 2.03. The van der Waals surface area contributed by atoms with Gasteiger partial charge < -0.3 is 14.6 Å². The van der Waals surface area contributed by atoms with Crippen LogP contribution in [0.4, 0.5) is 13.2 Å². The number of esters is 1. The molecule has 5 nitrogen and oxygen atoms in total. The summed E-state index contributed by atoms with van der Waals surface area (Å²) in [6.07, 6.45) is -4.78. The molecule has 0 spiro atoms. The van der Waals surface area contributed by atoms with Crippen molar-refractivity contribution in [2.24, 2.45) is 5.92 Å². The zero-order valence-corrected chi connectivity index (χ0v) is 19.7. The highest BCUT2D eigenvalue weighted by Crippen LogP contribution is 2.56. The third-order valence-electron chi connectivity index (χ3n) is 5.01. The average Bonchev–Trinajstić information content (AvgIpc) is 2.86. The molecule has 0 aliphatic rings. The van der Waals surface area contributed by atoms with Crippen LogP contribution < -0.4 is 21.0 Å². The molecule has 0 bridgehead atoms. The van der Waals surface area contributed by atoms with Crippen molar-refractivity contribution in [2.75, 3.05) is 12.8 Å². The zero-order valence-electron chi connectivity index (χ0n) is 18.8. The minimum atomic E-state index is -5.19. The Morgan fingerprint density at radius 2 is 1.23 bits per heavy atom. The summed E-state index contributed by atoms with van der Waals surface area (Å²) in [5.74, 6) is -4.28. The van der Waals surface area contributed by atoms with Gasteiger partial charge in [-0.2, -0.15) is 18.4 Å². The van der Waals surface area contributed by atoms with Gasteiger partial charge in [0.25, 0.3) is 0 Å². The number of ether oxygens (including phenoxy) is 1. The summed E-state index contributed by atoms with van der Waals surface area (Å²) in [7, 11) is -2.23. The number of carboxylic acid groups (broad SMARTS) is 1. The third kappa shape index (κ3) is 7.14. The number of hydrogen-bond donors (Lipinski definition) is 0. The number of halogens is 3. The zero-order chi connectivity index (χ0) is 25.9. The molecule has 0 N–H and O–H groups in total. The molecule has 35 heavy (non-hydrogen) atoms. The molecular formula is C26H23F3NO4P. The van der Waals surface area contributed by atoms with Gasteiger partial charge in [-0.1, -0.05) is 54.6 Å². The molecule has 0 aliphatic heterocycles. The third-order valence-corrected chi connectivity index (χ3v) is 9.46. The lowest BCUT2D eigenvalue weighted by atomic mass is 10.2. The van der Waals surface area contributed by atoms with Crippen molar-refractivity contribution in [2.45, 2.75) is 13.1 Å². The Bertz CT molecular complexity index is 1040. The van der Waals surface area contributed by atoms with Crippen LogP contribution in [0.25, 0.3) is 0 Å². The molecule has 0 fully saturated rings. The fourth-order valence-electron chi connectivity index (χ4n) is 3.50. The monoisotopic (exact) mass is 501 g/mol. The molecule has 3 rings (SSSR count). The van der Waals surface area contributed by atoms with Crippen molar-refractivity contribution >= 4 is 35.1 Å². The standard InChI is InChI=1S/C24H23NO2P.C2HF3O2/c1-2-27-24(26)20(18-25)19-28(21-12-6-3-7-13-21,22-14-8-4-9-15-22)23-16-10-5-11-17-23;3-2(4,5)1(6)7/h3-17,20H,2,19H2,1H3;(H,6,7)/q+1;/p-1. The predicted molar refractivity (Wildman–Crippen MR) is 127 cm³/mol. The summed E-state index contributed by atoms with van der Waals surface area (Å²) < 4.78 is 36.8. The lowest BCUT2D eigenvalue weighted by molar-refractivity contribution is -0.344. The van der Waals surface area contributed by atoms with E-state index in [9.17, 15) is 23.2 Å². The van der Waals surface area contributed by atoms with Crippen LogP contribution in [0.5, 0.6) is 0 Å². The van der Waals surface area contributed by atoms with Crippen molar-refractivity contribution in [1.82, 2.24) is 0 Å². The Kier molecular flexibility index (Phi) is 9.98. The molecule has 0 radical (unpaired) electrons. The van der Waals surface area contributed by atoms with E-state index in [1.54, 1.807) is 6.92 Å². The molecule has 1 unspecified atom stereocenters. The van der Waals surface area contributed by atoms with E-state index in [-0.39, 0.29) is 6.61 Å². The van der Waals surface area contributed by atoms with Gasteiger partial charge in [0, 0.05) is 0 Å². The largest absolute Gasteiger partial charge is 0.542 e. The van der Waals surface area contributed by atoms with E-state index in [1.807, 2.05) is 54.6 Å². The molecule has 0 saturated heterocycles. The lowest BCUT2D eigenvalue weighted by Crippen LogP contribution is -2.37. The minimum absolute atomic E-state index is 0.268. The molecule has 182 valence electrons. The van der Waals surface area contributed by atoms with Gasteiger partial charge in [-0.25, -0.2) is 0 Å². The highest BCUT2D eigenvalue weighted by atomic mass is 31.2. The maximum Gasteiger partial charge on any atom is 0.430 e. The van der Waals surface area contributed by atoms with Crippen LogP contribution in [-0.4, -0.2) is 30.9 Å². The topological polar surface area (TPSA) is 90.2 Å². The molecular weight excluding hydrogens is 478 g/mol. The number of alkyl halides is 3. The Balaban J connectivity index is 0.000000540. The van der Waals surface area contributed by atoms with Gasteiger partial charge in [0.15, 0.2) is 5.92 Å². The summed E-state index contributed by atoms with van der Waals surface area (Å²) >= 11 is 0. The van der Waals surface area contributed by atoms with Crippen molar-refractivity contribution in [3.8, 4) is 6.07 Å². The SMILES string of the molecule is CCOC(=O)C(C#N)C[P+](c1ccccc1)(c1ccccc1)c1ccccc1.O=C([O-])C(F)(F)F. The number of nitrogens with zero attached hydrogens (tertiary/aromatic N) is 1. The lowest BCUT2D eigenvalue weighted by Gasteiger charge is -2.28. The fraction of sp³-hybridized carbons (Fsp3) is 0.192. The maximum atomic E-state index is 12.5. The molecule has 0 aromatic heterocycles. The van der Waals surface area contributed by atoms with Crippen LogP contribution in [0.2, 0.25) is 0 Å². The molecule has 3 aromatic carbocycles. The van der Waals surface area contributed by atoms with Gasteiger partial charge in [-0.3, -0.25) is 4.79 Å². The van der Waals surface area contributed by atoms with Gasteiger partial charge in [-0.15, -0.1) is 0 Å². The predicted octanol–water partition coefficient (Wildman–Crippen LogP) is 2.98. The molecule has 1 atom stereocenters. The average molecular weight is 501 g/mol. The van der Waals surface area contributed by atoms with Gasteiger partial charge in [-0.05, 0) is 43.3 Å². The molecule has 0 saturated carbocycles. The van der Waals surface area contributed by atoms with Crippen molar-refractivity contribution < 1.29 is 32.6 Å². The van der Waals surface area contributed by atoms with Gasteiger partial charge in [0.2, 0.25) is 0 Å². The van der Waals surface area contributed by atoms with Crippen LogP contribution in [0.3, 0.4) is 0 Å². The Morgan fingerprint density at radius 3 is 1.49 bits per heavy atom. The van der Waals surface area contributed by atoms with Crippen LogP contribution in [0.15, 0.2) is 91.0 Å². The van der Waals surface area contributed by atoms with E-state index in [2.05, 4.69) is 42.5 Å². The highest BCUT2D eigenvalue weighted by Gasteiger charge is 2.48. The first-order valence-electron chi connectivity index (χ1n) is 10.6. The van der Waals surface area contributed by atoms with Gasteiger partial charge >= 0.3 is 12.1 Å². The van der Waals surface area contributed by atoms with E-state index in [4.69, 9.17) is 14.6 Å². The second-order valence-electron chi connectivity index (χ2n) is 7.22. The first kappa shape index (κ1) is 27.6. The number of carbonyl (C=O) groups excluding carboxylic acids is 2. The maximum absolute atomic E-state index is 12.5. The number of carboxylic acids is 1. The second-order valence-corrected chi connectivity index (χ2v) is 10.8. The number of rotatable bonds is 7. The summed E-state index contributed by atoms with van der Waals surface area (Å²) in [5, 5.41) is 22.0. The summed E-state index contributed by atoms with van der Waals surface area (Å²) in [6, 6.07) is 32.9. The first-order chi connectivity index (χ1) is 16.7. The second kappa shape index (κ2) is 12.7. The van der Waals surface area contributed by atoms with Crippen LogP contribution in [0, 0.1) is 17.2 Å².